The van der Waals surface area contributed by atoms with E-state index < -0.39 is 0 Å². The van der Waals surface area contributed by atoms with Gasteiger partial charge in [0.25, 0.3) is 5.56 Å². The van der Waals surface area contributed by atoms with E-state index in [0.29, 0.717) is 55.5 Å². The minimum absolute atomic E-state index is 0.152. The molecule has 0 aliphatic carbocycles. The summed E-state index contributed by atoms with van der Waals surface area (Å²) < 4.78 is 6.54. The van der Waals surface area contributed by atoms with Crippen molar-refractivity contribution in [3.63, 3.8) is 0 Å². The van der Waals surface area contributed by atoms with Crippen LogP contribution < -0.4 is 15.2 Å². The van der Waals surface area contributed by atoms with Gasteiger partial charge in [0.05, 0.1) is 12.8 Å². The van der Waals surface area contributed by atoms with Gasteiger partial charge >= 0.3 is 0 Å². The second kappa shape index (κ2) is 9.87. The zero-order valence-corrected chi connectivity index (χ0v) is 18.7. The van der Waals surface area contributed by atoms with Gasteiger partial charge in [-0.05, 0) is 54.4 Å². The Morgan fingerprint density at radius 2 is 1.66 bits per heavy atom. The van der Waals surface area contributed by atoms with E-state index in [1.807, 2.05) is 29.2 Å². The summed E-state index contributed by atoms with van der Waals surface area (Å²) in [5.41, 5.74) is 1.57. The molecule has 0 bridgehead atoms. The zero-order chi connectivity index (χ0) is 22.5. The normalized spacial score (nSPS) is 13.8. The number of benzene rings is 2. The summed E-state index contributed by atoms with van der Waals surface area (Å²) in [5, 5.41) is 5.13. The van der Waals surface area contributed by atoms with Crippen LogP contribution in [0.15, 0.2) is 65.5 Å². The van der Waals surface area contributed by atoms with E-state index >= 15 is 0 Å². The van der Waals surface area contributed by atoms with Crippen LogP contribution in [0.4, 0.5) is 5.82 Å². The number of carbonyl (C=O) groups excluding carboxylic acids is 1. The van der Waals surface area contributed by atoms with Gasteiger partial charge in [0.15, 0.2) is 0 Å². The molecule has 1 fully saturated rings. The second-order valence-electron chi connectivity index (χ2n) is 7.63. The predicted octanol–water partition coefficient (Wildman–Crippen LogP) is 3.18. The first-order valence-corrected chi connectivity index (χ1v) is 10.9. The second-order valence-corrected chi connectivity index (χ2v) is 8.07. The van der Waals surface area contributed by atoms with E-state index in [4.69, 9.17) is 16.3 Å². The van der Waals surface area contributed by atoms with Crippen molar-refractivity contribution in [2.24, 2.45) is 0 Å². The van der Waals surface area contributed by atoms with Gasteiger partial charge in [0.1, 0.15) is 11.6 Å². The first-order valence-electron chi connectivity index (χ1n) is 10.6. The topological polar surface area (TPSA) is 67.7 Å². The lowest BCUT2D eigenvalue weighted by molar-refractivity contribution is -0.131. The van der Waals surface area contributed by atoms with Gasteiger partial charge in [-0.2, -0.15) is 4.68 Å². The zero-order valence-electron chi connectivity index (χ0n) is 17.9. The molecule has 166 valence electrons. The van der Waals surface area contributed by atoms with E-state index in [-0.39, 0.29) is 11.5 Å². The molecule has 7 nitrogen and oxygen atoms in total. The van der Waals surface area contributed by atoms with Crippen LogP contribution in [0.25, 0.3) is 5.69 Å². The largest absolute Gasteiger partial charge is 0.497 e. The number of hydrogen-bond acceptors (Lipinski definition) is 5. The number of rotatable bonds is 6. The van der Waals surface area contributed by atoms with Crippen molar-refractivity contribution < 1.29 is 9.53 Å². The fourth-order valence-electron chi connectivity index (χ4n) is 3.72. The third-order valence-electron chi connectivity index (χ3n) is 5.60. The smallest absolute Gasteiger partial charge is 0.271 e. The Labute approximate surface area is 191 Å². The Bertz CT molecular complexity index is 1120. The number of anilines is 1. The minimum Gasteiger partial charge on any atom is -0.497 e. The van der Waals surface area contributed by atoms with Gasteiger partial charge < -0.3 is 14.5 Å². The third kappa shape index (κ3) is 5.11. The molecule has 1 amide bonds. The standard InChI is InChI=1S/C24H25ClN4O3/c1-32-21-9-2-18(3-10-21)4-12-23(30)28-16-14-27(15-17-28)22-11-13-24(31)29(26-22)20-7-5-19(25)6-8-20/h2-3,5-11,13H,4,12,14-17H2,1H3. The summed E-state index contributed by atoms with van der Waals surface area (Å²) in [4.78, 5) is 28.9. The molecule has 3 aromatic rings. The summed E-state index contributed by atoms with van der Waals surface area (Å²) in [7, 11) is 1.64. The lowest BCUT2D eigenvalue weighted by Crippen LogP contribution is -2.49. The number of nitrogens with zero attached hydrogens (tertiary/aromatic N) is 4. The first kappa shape index (κ1) is 21.9. The molecule has 0 unspecified atom stereocenters. The molecule has 2 aromatic carbocycles. The fraction of sp³-hybridized carbons (Fsp3) is 0.292. The molecular weight excluding hydrogens is 428 g/mol. The fourth-order valence-corrected chi connectivity index (χ4v) is 3.85. The molecule has 1 aromatic heterocycles. The molecule has 1 aliphatic heterocycles. The van der Waals surface area contributed by atoms with Crippen molar-refractivity contribution in [1.82, 2.24) is 14.7 Å². The Morgan fingerprint density at radius 1 is 0.969 bits per heavy atom. The van der Waals surface area contributed by atoms with Crippen LogP contribution in [0.1, 0.15) is 12.0 Å². The maximum absolute atomic E-state index is 12.7. The molecule has 1 saturated heterocycles. The molecule has 32 heavy (non-hydrogen) atoms. The molecular formula is C24H25ClN4O3. The maximum Gasteiger partial charge on any atom is 0.271 e. The lowest BCUT2D eigenvalue weighted by atomic mass is 10.1. The average Bonchev–Trinajstić information content (AvgIpc) is 2.84. The maximum atomic E-state index is 12.7. The number of aryl methyl sites for hydroxylation is 1. The van der Waals surface area contributed by atoms with E-state index in [1.165, 1.54) is 10.7 Å². The lowest BCUT2D eigenvalue weighted by Gasteiger charge is -2.35. The first-order chi connectivity index (χ1) is 15.5. The van der Waals surface area contributed by atoms with Crippen LogP contribution in [-0.4, -0.2) is 53.9 Å². The van der Waals surface area contributed by atoms with E-state index in [2.05, 4.69) is 10.00 Å². The van der Waals surface area contributed by atoms with Gasteiger partial charge in [-0.15, -0.1) is 5.10 Å². The van der Waals surface area contributed by atoms with E-state index in [9.17, 15) is 9.59 Å². The van der Waals surface area contributed by atoms with Crippen LogP contribution in [0.3, 0.4) is 0 Å². The molecule has 0 spiro atoms. The number of methoxy groups -OCH3 is 1. The van der Waals surface area contributed by atoms with Crippen molar-refractivity contribution in [2.45, 2.75) is 12.8 Å². The molecule has 0 N–H and O–H groups in total. The molecule has 0 radical (unpaired) electrons. The van der Waals surface area contributed by atoms with Crippen molar-refractivity contribution in [1.29, 1.82) is 0 Å². The van der Waals surface area contributed by atoms with Crippen LogP contribution in [0.5, 0.6) is 5.75 Å². The van der Waals surface area contributed by atoms with E-state index in [0.717, 1.165) is 11.3 Å². The van der Waals surface area contributed by atoms with Crippen molar-refractivity contribution in [3.8, 4) is 11.4 Å². The number of amides is 1. The SMILES string of the molecule is COc1ccc(CCC(=O)N2CCN(c3ccc(=O)n(-c4ccc(Cl)cc4)n3)CC2)cc1. The Morgan fingerprint density at radius 3 is 2.31 bits per heavy atom. The Hall–Kier alpha value is -3.32. The molecule has 8 heteroatoms. The highest BCUT2D eigenvalue weighted by Crippen LogP contribution is 2.17. The van der Waals surface area contributed by atoms with Crippen LogP contribution in [-0.2, 0) is 11.2 Å². The van der Waals surface area contributed by atoms with Gasteiger partial charge in [0, 0.05) is 43.7 Å². The Kier molecular flexibility index (Phi) is 6.75. The quantitative estimate of drug-likeness (QED) is 0.574. The highest BCUT2D eigenvalue weighted by atomic mass is 35.5. The number of carbonyl (C=O) groups is 1. The van der Waals surface area contributed by atoms with Crippen LogP contribution >= 0.6 is 11.6 Å². The summed E-state index contributed by atoms with van der Waals surface area (Å²) in [6, 6.07) is 18.0. The van der Waals surface area contributed by atoms with Crippen molar-refractivity contribution in [3.05, 3.63) is 81.6 Å². The number of aromatic nitrogens is 2. The van der Waals surface area contributed by atoms with Crippen LogP contribution in [0.2, 0.25) is 5.02 Å². The molecule has 0 saturated carbocycles. The third-order valence-corrected chi connectivity index (χ3v) is 5.85. The molecule has 4 rings (SSSR count). The Balaban J connectivity index is 1.35. The predicted molar refractivity (Wildman–Crippen MR) is 125 cm³/mol. The molecule has 1 aliphatic rings. The van der Waals surface area contributed by atoms with Crippen molar-refractivity contribution in [2.75, 3.05) is 38.2 Å². The summed E-state index contributed by atoms with van der Waals surface area (Å²) in [6.07, 6.45) is 1.18. The number of hydrogen-bond donors (Lipinski definition) is 0. The number of ether oxygens (including phenoxy) is 1. The minimum atomic E-state index is -0.205. The molecule has 0 atom stereocenters. The summed E-state index contributed by atoms with van der Waals surface area (Å²) in [6.45, 7) is 2.59. The van der Waals surface area contributed by atoms with Crippen molar-refractivity contribution >= 4 is 23.3 Å². The highest BCUT2D eigenvalue weighted by Gasteiger charge is 2.22. The molecule has 2 heterocycles. The van der Waals surface area contributed by atoms with E-state index in [1.54, 1.807) is 37.4 Å². The summed E-state index contributed by atoms with van der Waals surface area (Å²) in [5.74, 6) is 1.68. The number of halogens is 1. The van der Waals surface area contributed by atoms with Gasteiger partial charge in [-0.3, -0.25) is 9.59 Å². The highest BCUT2D eigenvalue weighted by molar-refractivity contribution is 6.30. The monoisotopic (exact) mass is 452 g/mol. The van der Waals surface area contributed by atoms with Crippen LogP contribution in [0, 0.1) is 0 Å². The van der Waals surface area contributed by atoms with Gasteiger partial charge in [0.2, 0.25) is 5.91 Å². The van der Waals surface area contributed by atoms with Gasteiger partial charge in [-0.1, -0.05) is 23.7 Å². The summed E-state index contributed by atoms with van der Waals surface area (Å²) >= 11 is 5.95. The number of piperazine rings is 1. The average molecular weight is 453 g/mol. The van der Waals surface area contributed by atoms with Gasteiger partial charge in [-0.25, -0.2) is 0 Å².